The standard InChI is InChI=1S/C23H15BrN4O3/c24-18-9-10-21(31-14-16-6-2-1-5-15(16)12-25)17(11-18)13-26-28-22(29)19-7-3-4-8-20(19)27-23(28)30/h1-11,13H,14H2,(H,27,30). The SMILES string of the molecule is N#Cc1ccccc1COc1ccc(Br)cc1C=Nn1c(=O)[nH]c2ccccc2c1=O. The van der Waals surface area contributed by atoms with Crippen LogP contribution >= 0.6 is 15.9 Å². The van der Waals surface area contributed by atoms with Crippen molar-refractivity contribution in [1.29, 1.82) is 5.26 Å². The van der Waals surface area contributed by atoms with Crippen LogP contribution in [0.4, 0.5) is 0 Å². The Bertz CT molecular complexity index is 1460. The molecule has 0 aliphatic carbocycles. The summed E-state index contributed by atoms with van der Waals surface area (Å²) >= 11 is 3.41. The van der Waals surface area contributed by atoms with Gasteiger partial charge in [-0.05, 0) is 36.4 Å². The molecule has 0 saturated heterocycles. The molecule has 0 atom stereocenters. The van der Waals surface area contributed by atoms with Crippen LogP contribution in [0.1, 0.15) is 16.7 Å². The van der Waals surface area contributed by atoms with Crippen LogP contribution in [0.15, 0.2) is 85.9 Å². The zero-order valence-electron chi connectivity index (χ0n) is 16.1. The van der Waals surface area contributed by atoms with Crippen molar-refractivity contribution in [3.8, 4) is 11.8 Å². The van der Waals surface area contributed by atoms with Crippen molar-refractivity contribution in [3.63, 3.8) is 0 Å². The molecular weight excluding hydrogens is 460 g/mol. The van der Waals surface area contributed by atoms with Crippen LogP contribution < -0.4 is 16.0 Å². The predicted octanol–water partition coefficient (Wildman–Crippen LogP) is 3.79. The third kappa shape index (κ3) is 4.32. The quantitative estimate of drug-likeness (QED) is 0.444. The summed E-state index contributed by atoms with van der Waals surface area (Å²) in [4.78, 5) is 27.6. The average Bonchev–Trinajstić information content (AvgIpc) is 2.78. The van der Waals surface area contributed by atoms with Crippen LogP contribution in [0.25, 0.3) is 10.9 Å². The van der Waals surface area contributed by atoms with Crippen LogP contribution in [0.2, 0.25) is 0 Å². The number of rotatable bonds is 5. The van der Waals surface area contributed by atoms with Crippen LogP contribution in [-0.2, 0) is 6.61 Å². The topological polar surface area (TPSA) is 100 Å². The van der Waals surface area contributed by atoms with Crippen LogP contribution in [0.3, 0.4) is 0 Å². The van der Waals surface area contributed by atoms with Gasteiger partial charge in [0.15, 0.2) is 0 Å². The average molecular weight is 475 g/mol. The molecule has 1 heterocycles. The Kier molecular flexibility index (Phi) is 5.78. The Balaban J connectivity index is 1.68. The third-order valence-electron chi connectivity index (χ3n) is 4.59. The van der Waals surface area contributed by atoms with Crippen molar-refractivity contribution < 1.29 is 4.74 Å². The predicted molar refractivity (Wildman–Crippen MR) is 121 cm³/mol. The number of hydrogen-bond donors (Lipinski definition) is 1. The van der Waals surface area contributed by atoms with Crippen LogP contribution in [-0.4, -0.2) is 15.9 Å². The highest BCUT2D eigenvalue weighted by Crippen LogP contribution is 2.23. The van der Waals surface area contributed by atoms with Gasteiger partial charge in [0, 0.05) is 15.6 Å². The summed E-state index contributed by atoms with van der Waals surface area (Å²) in [5.74, 6) is 0.491. The molecule has 7 nitrogen and oxygen atoms in total. The molecule has 0 spiro atoms. The molecule has 152 valence electrons. The Morgan fingerprint density at radius 1 is 1.10 bits per heavy atom. The van der Waals surface area contributed by atoms with Crippen molar-refractivity contribution >= 4 is 33.0 Å². The fraction of sp³-hybridized carbons (Fsp3) is 0.0435. The van der Waals surface area contributed by atoms with E-state index < -0.39 is 11.2 Å². The van der Waals surface area contributed by atoms with Gasteiger partial charge in [0.2, 0.25) is 0 Å². The number of fused-ring (bicyclic) bond motifs is 1. The lowest BCUT2D eigenvalue weighted by atomic mass is 10.1. The molecule has 1 aromatic heterocycles. The summed E-state index contributed by atoms with van der Waals surface area (Å²) in [6.45, 7) is 0.183. The number of aromatic amines is 1. The minimum Gasteiger partial charge on any atom is -0.488 e. The summed E-state index contributed by atoms with van der Waals surface area (Å²) < 4.78 is 7.46. The number of ether oxygens (including phenoxy) is 1. The minimum atomic E-state index is -0.639. The first-order chi connectivity index (χ1) is 15.1. The second-order valence-corrected chi connectivity index (χ2v) is 7.49. The van der Waals surface area contributed by atoms with Gasteiger partial charge in [-0.15, -0.1) is 4.68 Å². The van der Waals surface area contributed by atoms with E-state index in [1.807, 2.05) is 12.1 Å². The minimum absolute atomic E-state index is 0.183. The monoisotopic (exact) mass is 474 g/mol. The van der Waals surface area contributed by atoms with Gasteiger partial charge in [0.05, 0.1) is 28.8 Å². The van der Waals surface area contributed by atoms with Crippen molar-refractivity contribution in [2.75, 3.05) is 0 Å². The zero-order chi connectivity index (χ0) is 21.8. The second-order valence-electron chi connectivity index (χ2n) is 6.58. The molecule has 1 N–H and O–H groups in total. The largest absolute Gasteiger partial charge is 0.488 e. The highest BCUT2D eigenvalue weighted by atomic mass is 79.9. The van der Waals surface area contributed by atoms with E-state index in [0.29, 0.717) is 27.8 Å². The first kappa shape index (κ1) is 20.3. The molecule has 0 fully saturated rings. The lowest BCUT2D eigenvalue weighted by Crippen LogP contribution is -2.32. The van der Waals surface area contributed by atoms with E-state index in [0.717, 1.165) is 14.7 Å². The first-order valence-electron chi connectivity index (χ1n) is 9.25. The summed E-state index contributed by atoms with van der Waals surface area (Å²) in [7, 11) is 0. The van der Waals surface area contributed by atoms with Gasteiger partial charge < -0.3 is 9.72 Å². The molecule has 4 rings (SSSR count). The van der Waals surface area contributed by atoms with Gasteiger partial charge in [0.25, 0.3) is 5.56 Å². The molecule has 0 saturated carbocycles. The molecule has 8 heteroatoms. The third-order valence-corrected chi connectivity index (χ3v) is 5.08. The van der Waals surface area contributed by atoms with E-state index in [9.17, 15) is 14.9 Å². The number of para-hydroxylation sites is 1. The van der Waals surface area contributed by atoms with E-state index in [1.54, 1.807) is 54.6 Å². The summed E-state index contributed by atoms with van der Waals surface area (Å²) in [6.07, 6.45) is 1.39. The van der Waals surface area contributed by atoms with E-state index in [1.165, 1.54) is 6.21 Å². The fourth-order valence-electron chi connectivity index (χ4n) is 3.04. The number of halogens is 1. The number of H-pyrrole nitrogens is 1. The molecule has 0 aliphatic rings. The van der Waals surface area contributed by atoms with Crippen molar-refractivity contribution in [1.82, 2.24) is 9.66 Å². The Hall–Kier alpha value is -3.96. The molecule has 0 unspecified atom stereocenters. The number of nitrogens with one attached hydrogen (secondary N) is 1. The summed E-state index contributed by atoms with van der Waals surface area (Å²) in [6, 6.07) is 21.4. The Labute approximate surface area is 185 Å². The van der Waals surface area contributed by atoms with E-state index in [-0.39, 0.29) is 6.61 Å². The molecule has 0 radical (unpaired) electrons. The van der Waals surface area contributed by atoms with Gasteiger partial charge in [-0.25, -0.2) is 4.79 Å². The Morgan fingerprint density at radius 2 is 1.87 bits per heavy atom. The second kappa shape index (κ2) is 8.81. The van der Waals surface area contributed by atoms with Gasteiger partial charge >= 0.3 is 5.69 Å². The van der Waals surface area contributed by atoms with Crippen LogP contribution in [0.5, 0.6) is 5.75 Å². The molecule has 0 bridgehead atoms. The maximum absolute atomic E-state index is 12.7. The highest BCUT2D eigenvalue weighted by molar-refractivity contribution is 9.10. The maximum atomic E-state index is 12.7. The van der Waals surface area contributed by atoms with E-state index >= 15 is 0 Å². The molecule has 31 heavy (non-hydrogen) atoms. The van der Waals surface area contributed by atoms with E-state index in [2.05, 4.69) is 32.1 Å². The summed E-state index contributed by atoms with van der Waals surface area (Å²) in [5.41, 5.74) is 1.13. The van der Waals surface area contributed by atoms with E-state index in [4.69, 9.17) is 4.74 Å². The fourth-order valence-corrected chi connectivity index (χ4v) is 3.42. The number of aromatic nitrogens is 2. The number of hydrogen-bond acceptors (Lipinski definition) is 5. The Morgan fingerprint density at radius 3 is 2.71 bits per heavy atom. The number of nitrogens with zero attached hydrogens (tertiary/aromatic N) is 3. The lowest BCUT2D eigenvalue weighted by molar-refractivity contribution is 0.305. The number of nitriles is 1. The van der Waals surface area contributed by atoms with Gasteiger partial charge in [0.1, 0.15) is 12.4 Å². The van der Waals surface area contributed by atoms with Crippen molar-refractivity contribution in [3.05, 3.63) is 109 Å². The maximum Gasteiger partial charge on any atom is 0.349 e. The van der Waals surface area contributed by atoms with Gasteiger partial charge in [-0.2, -0.15) is 10.4 Å². The molecule has 0 amide bonds. The van der Waals surface area contributed by atoms with Crippen LogP contribution in [0, 0.1) is 11.3 Å². The highest BCUT2D eigenvalue weighted by Gasteiger charge is 2.08. The van der Waals surface area contributed by atoms with Gasteiger partial charge in [-0.1, -0.05) is 46.3 Å². The molecular formula is C23H15BrN4O3. The first-order valence-corrected chi connectivity index (χ1v) is 10.0. The molecule has 0 aliphatic heterocycles. The molecule has 4 aromatic rings. The summed E-state index contributed by atoms with van der Waals surface area (Å²) in [5, 5.41) is 13.7. The van der Waals surface area contributed by atoms with Crippen molar-refractivity contribution in [2.24, 2.45) is 5.10 Å². The lowest BCUT2D eigenvalue weighted by Gasteiger charge is -2.10. The zero-order valence-corrected chi connectivity index (χ0v) is 17.7. The molecule has 3 aromatic carbocycles. The van der Waals surface area contributed by atoms with Crippen molar-refractivity contribution in [2.45, 2.75) is 6.61 Å². The smallest absolute Gasteiger partial charge is 0.349 e. The van der Waals surface area contributed by atoms with Gasteiger partial charge in [-0.3, -0.25) is 4.79 Å². The normalized spacial score (nSPS) is 11.0. The number of benzene rings is 3.